The standard InChI is InChI=1S/C17H17BrCl2/c1-17(2,3)13-6-4-11(5-7-13)16(18)12-8-14(19)10-15(20)9-12/h4-10,16H,1-3H3. The Labute approximate surface area is 139 Å². The van der Waals surface area contributed by atoms with E-state index in [1.807, 2.05) is 12.1 Å². The first kappa shape index (κ1) is 15.9. The minimum absolute atomic E-state index is 0.0905. The predicted molar refractivity (Wildman–Crippen MR) is 92.4 cm³/mol. The lowest BCUT2D eigenvalue weighted by Crippen LogP contribution is -2.10. The minimum Gasteiger partial charge on any atom is -0.0843 e. The van der Waals surface area contributed by atoms with Gasteiger partial charge in [0.15, 0.2) is 0 Å². The average molecular weight is 372 g/mol. The van der Waals surface area contributed by atoms with Gasteiger partial charge in [-0.2, -0.15) is 0 Å². The van der Waals surface area contributed by atoms with E-state index in [1.165, 1.54) is 11.1 Å². The van der Waals surface area contributed by atoms with E-state index in [1.54, 1.807) is 6.07 Å². The molecule has 2 aromatic rings. The van der Waals surface area contributed by atoms with Crippen LogP contribution in [0.25, 0.3) is 0 Å². The molecule has 2 aromatic carbocycles. The fourth-order valence-electron chi connectivity index (χ4n) is 2.07. The van der Waals surface area contributed by atoms with Crippen LogP contribution in [0, 0.1) is 0 Å². The van der Waals surface area contributed by atoms with Gasteiger partial charge in [0, 0.05) is 10.0 Å². The third-order valence-corrected chi connectivity index (χ3v) is 4.74. The van der Waals surface area contributed by atoms with Gasteiger partial charge in [-0.25, -0.2) is 0 Å². The van der Waals surface area contributed by atoms with Crippen molar-refractivity contribution in [3.05, 3.63) is 69.2 Å². The van der Waals surface area contributed by atoms with E-state index >= 15 is 0 Å². The summed E-state index contributed by atoms with van der Waals surface area (Å²) in [7, 11) is 0. The highest BCUT2D eigenvalue weighted by atomic mass is 79.9. The molecule has 20 heavy (non-hydrogen) atoms. The van der Waals surface area contributed by atoms with Gasteiger partial charge in [0.25, 0.3) is 0 Å². The van der Waals surface area contributed by atoms with Crippen LogP contribution in [-0.2, 0) is 5.41 Å². The van der Waals surface area contributed by atoms with Gasteiger partial charge >= 0.3 is 0 Å². The molecule has 0 aliphatic rings. The first-order chi connectivity index (χ1) is 9.27. The number of hydrogen-bond acceptors (Lipinski definition) is 0. The lowest BCUT2D eigenvalue weighted by atomic mass is 9.86. The van der Waals surface area contributed by atoms with Crippen molar-refractivity contribution in [1.82, 2.24) is 0 Å². The van der Waals surface area contributed by atoms with Gasteiger partial charge in [-0.05, 0) is 40.3 Å². The summed E-state index contributed by atoms with van der Waals surface area (Å²) in [6.07, 6.45) is 0. The molecule has 0 N–H and O–H groups in total. The third kappa shape index (κ3) is 3.78. The molecule has 3 heteroatoms. The Morgan fingerprint density at radius 3 is 1.80 bits per heavy atom. The molecule has 0 aromatic heterocycles. The monoisotopic (exact) mass is 370 g/mol. The molecule has 0 aliphatic heterocycles. The van der Waals surface area contributed by atoms with Gasteiger partial charge in [0.2, 0.25) is 0 Å². The Morgan fingerprint density at radius 1 is 0.850 bits per heavy atom. The van der Waals surface area contributed by atoms with Crippen molar-refractivity contribution < 1.29 is 0 Å². The van der Waals surface area contributed by atoms with Crippen LogP contribution in [0.1, 0.15) is 42.3 Å². The lowest BCUT2D eigenvalue weighted by molar-refractivity contribution is 0.590. The van der Waals surface area contributed by atoms with Crippen molar-refractivity contribution >= 4 is 39.1 Å². The third-order valence-electron chi connectivity index (χ3n) is 3.25. The Kier molecular flexibility index (Phi) is 4.84. The predicted octanol–water partition coefficient (Wildman–Crippen LogP) is 6.78. The highest BCUT2D eigenvalue weighted by molar-refractivity contribution is 9.09. The molecular weight excluding hydrogens is 355 g/mol. The zero-order valence-corrected chi connectivity index (χ0v) is 14.9. The number of benzene rings is 2. The lowest BCUT2D eigenvalue weighted by Gasteiger charge is -2.20. The van der Waals surface area contributed by atoms with Crippen LogP contribution >= 0.6 is 39.1 Å². The number of hydrogen-bond donors (Lipinski definition) is 0. The van der Waals surface area contributed by atoms with E-state index in [4.69, 9.17) is 23.2 Å². The maximum absolute atomic E-state index is 6.06. The van der Waals surface area contributed by atoms with Crippen molar-refractivity contribution in [1.29, 1.82) is 0 Å². The van der Waals surface area contributed by atoms with E-state index in [2.05, 4.69) is 61.0 Å². The fraction of sp³-hybridized carbons (Fsp3) is 0.294. The molecule has 0 aliphatic carbocycles. The van der Waals surface area contributed by atoms with Crippen LogP contribution in [0.15, 0.2) is 42.5 Å². The Hall–Kier alpha value is -0.500. The first-order valence-corrected chi connectivity index (χ1v) is 8.15. The Morgan fingerprint density at radius 2 is 1.35 bits per heavy atom. The van der Waals surface area contributed by atoms with Crippen LogP contribution < -0.4 is 0 Å². The molecule has 0 saturated heterocycles. The summed E-state index contributed by atoms with van der Waals surface area (Å²) in [4.78, 5) is 0.0905. The van der Waals surface area contributed by atoms with Crippen molar-refractivity contribution in [3.8, 4) is 0 Å². The number of halogens is 3. The molecule has 106 valence electrons. The van der Waals surface area contributed by atoms with E-state index in [-0.39, 0.29) is 10.2 Å². The Balaban J connectivity index is 2.31. The quantitative estimate of drug-likeness (QED) is 0.510. The van der Waals surface area contributed by atoms with Gasteiger partial charge in [0.05, 0.1) is 4.83 Å². The van der Waals surface area contributed by atoms with E-state index in [0.717, 1.165) is 5.56 Å². The molecule has 0 radical (unpaired) electrons. The van der Waals surface area contributed by atoms with Crippen molar-refractivity contribution in [2.45, 2.75) is 31.0 Å². The second-order valence-electron chi connectivity index (χ2n) is 5.94. The normalized spacial score (nSPS) is 13.3. The van der Waals surface area contributed by atoms with E-state index in [9.17, 15) is 0 Å². The summed E-state index contributed by atoms with van der Waals surface area (Å²) in [6.45, 7) is 6.64. The summed E-state index contributed by atoms with van der Waals surface area (Å²) in [6, 6.07) is 14.3. The summed E-state index contributed by atoms with van der Waals surface area (Å²) < 4.78 is 0. The second kappa shape index (κ2) is 6.09. The zero-order valence-electron chi connectivity index (χ0n) is 11.8. The van der Waals surface area contributed by atoms with E-state index in [0.29, 0.717) is 10.0 Å². The van der Waals surface area contributed by atoms with Crippen LogP contribution in [0.5, 0.6) is 0 Å². The van der Waals surface area contributed by atoms with Gasteiger partial charge in [-0.15, -0.1) is 0 Å². The largest absolute Gasteiger partial charge is 0.0843 e. The molecule has 0 heterocycles. The van der Waals surface area contributed by atoms with Crippen molar-refractivity contribution in [3.63, 3.8) is 0 Å². The zero-order chi connectivity index (χ0) is 14.9. The molecule has 0 fully saturated rings. The number of alkyl halides is 1. The molecule has 0 bridgehead atoms. The fourth-order valence-corrected chi connectivity index (χ4v) is 3.18. The molecule has 2 rings (SSSR count). The van der Waals surface area contributed by atoms with Crippen molar-refractivity contribution in [2.24, 2.45) is 0 Å². The van der Waals surface area contributed by atoms with Crippen LogP contribution in [0.3, 0.4) is 0 Å². The van der Waals surface area contributed by atoms with Crippen LogP contribution in [0.2, 0.25) is 10.0 Å². The maximum atomic E-state index is 6.06. The molecule has 1 unspecified atom stereocenters. The summed E-state index contributed by atoms with van der Waals surface area (Å²) in [5.41, 5.74) is 3.74. The second-order valence-corrected chi connectivity index (χ2v) is 7.73. The Bertz CT molecular complexity index is 577. The molecule has 0 nitrogen and oxygen atoms in total. The van der Waals surface area contributed by atoms with Gasteiger partial charge in [-0.1, -0.05) is 84.2 Å². The minimum atomic E-state index is 0.0905. The maximum Gasteiger partial charge on any atom is 0.0645 e. The van der Waals surface area contributed by atoms with Gasteiger partial charge < -0.3 is 0 Å². The molecule has 0 saturated carbocycles. The van der Waals surface area contributed by atoms with Crippen LogP contribution in [0.4, 0.5) is 0 Å². The number of rotatable bonds is 2. The van der Waals surface area contributed by atoms with Gasteiger partial charge in [0.1, 0.15) is 0 Å². The molecular formula is C17H17BrCl2. The topological polar surface area (TPSA) is 0 Å². The van der Waals surface area contributed by atoms with E-state index < -0.39 is 0 Å². The smallest absolute Gasteiger partial charge is 0.0645 e. The van der Waals surface area contributed by atoms with Crippen molar-refractivity contribution in [2.75, 3.05) is 0 Å². The van der Waals surface area contributed by atoms with Crippen LogP contribution in [-0.4, -0.2) is 0 Å². The molecule has 0 amide bonds. The highest BCUT2D eigenvalue weighted by Crippen LogP contribution is 2.35. The SMILES string of the molecule is CC(C)(C)c1ccc(C(Br)c2cc(Cl)cc(Cl)c2)cc1. The first-order valence-electron chi connectivity index (χ1n) is 6.48. The summed E-state index contributed by atoms with van der Waals surface area (Å²) >= 11 is 15.8. The summed E-state index contributed by atoms with van der Waals surface area (Å²) in [5.74, 6) is 0. The highest BCUT2D eigenvalue weighted by Gasteiger charge is 2.16. The molecule has 0 spiro atoms. The van der Waals surface area contributed by atoms with Gasteiger partial charge in [-0.3, -0.25) is 0 Å². The molecule has 1 atom stereocenters. The average Bonchev–Trinajstić information content (AvgIpc) is 2.36. The summed E-state index contributed by atoms with van der Waals surface area (Å²) in [5, 5.41) is 1.31.